The summed E-state index contributed by atoms with van der Waals surface area (Å²) in [5.41, 5.74) is 2.65. The Hall–Kier alpha value is -2.54. The molecule has 6 nitrogen and oxygen atoms in total. The molecule has 1 amide bonds. The average molecular weight is 362 g/mol. The van der Waals surface area contributed by atoms with Gasteiger partial charge in [0.1, 0.15) is 5.75 Å². The molecular formula is C18H22N2O4S. The van der Waals surface area contributed by atoms with Crippen molar-refractivity contribution in [2.75, 3.05) is 24.6 Å². The first-order valence-electron chi connectivity index (χ1n) is 7.78. The Morgan fingerprint density at radius 1 is 1.12 bits per heavy atom. The van der Waals surface area contributed by atoms with Crippen LogP contribution in [0.2, 0.25) is 0 Å². The van der Waals surface area contributed by atoms with Crippen molar-refractivity contribution in [3.63, 3.8) is 0 Å². The van der Waals surface area contributed by atoms with Gasteiger partial charge in [-0.15, -0.1) is 0 Å². The molecule has 25 heavy (non-hydrogen) atoms. The summed E-state index contributed by atoms with van der Waals surface area (Å²) in [7, 11) is -1.78. The minimum Gasteiger partial charge on any atom is -0.497 e. The van der Waals surface area contributed by atoms with Crippen molar-refractivity contribution in [3.05, 3.63) is 59.2 Å². The Balaban J connectivity index is 1.97. The molecule has 2 rings (SSSR count). The van der Waals surface area contributed by atoms with E-state index in [9.17, 15) is 13.2 Å². The monoisotopic (exact) mass is 362 g/mol. The van der Waals surface area contributed by atoms with Crippen LogP contribution in [0.3, 0.4) is 0 Å². The van der Waals surface area contributed by atoms with Gasteiger partial charge in [-0.3, -0.25) is 9.52 Å². The molecule has 0 spiro atoms. The van der Waals surface area contributed by atoms with Gasteiger partial charge in [-0.05, 0) is 48.7 Å². The minimum atomic E-state index is -3.39. The largest absolute Gasteiger partial charge is 0.497 e. The number of nitrogens with one attached hydrogen (secondary N) is 2. The van der Waals surface area contributed by atoms with Gasteiger partial charge in [0.2, 0.25) is 10.0 Å². The van der Waals surface area contributed by atoms with Gasteiger partial charge < -0.3 is 10.1 Å². The maximum Gasteiger partial charge on any atom is 0.251 e. The summed E-state index contributed by atoms with van der Waals surface area (Å²) in [4.78, 5) is 12.3. The molecule has 0 aliphatic rings. The number of carbonyl (C=O) groups is 1. The zero-order valence-electron chi connectivity index (χ0n) is 14.5. The second kappa shape index (κ2) is 8.02. The summed E-state index contributed by atoms with van der Waals surface area (Å²) in [5.74, 6) is 0.545. The highest BCUT2D eigenvalue weighted by atomic mass is 32.2. The van der Waals surface area contributed by atoms with Crippen molar-refractivity contribution in [2.45, 2.75) is 13.3 Å². The number of carbonyl (C=O) groups excluding carboxylic acids is 1. The predicted molar refractivity (Wildman–Crippen MR) is 98.7 cm³/mol. The Morgan fingerprint density at radius 3 is 2.40 bits per heavy atom. The lowest BCUT2D eigenvalue weighted by Gasteiger charge is -2.11. The summed E-state index contributed by atoms with van der Waals surface area (Å²) < 4.78 is 30.3. The zero-order valence-corrected chi connectivity index (χ0v) is 15.3. The summed E-state index contributed by atoms with van der Waals surface area (Å²) >= 11 is 0. The number of aryl methyl sites for hydroxylation is 1. The van der Waals surface area contributed by atoms with Crippen LogP contribution in [0.1, 0.15) is 21.5 Å². The standard InChI is InChI=1S/C18H22N2O4S/c1-13-4-7-15(12-17(13)20-25(3,22)23)18(21)19-11-10-14-5-8-16(24-2)9-6-14/h4-9,12,20H,10-11H2,1-3H3,(H,19,21). The summed E-state index contributed by atoms with van der Waals surface area (Å²) in [6, 6.07) is 12.6. The lowest BCUT2D eigenvalue weighted by molar-refractivity contribution is 0.0954. The zero-order chi connectivity index (χ0) is 18.4. The van der Waals surface area contributed by atoms with Crippen LogP contribution in [0.5, 0.6) is 5.75 Å². The normalized spacial score (nSPS) is 11.0. The highest BCUT2D eigenvalue weighted by Crippen LogP contribution is 2.18. The van der Waals surface area contributed by atoms with Crippen LogP contribution in [0, 0.1) is 6.92 Å². The first kappa shape index (κ1) is 18.8. The molecule has 2 aromatic carbocycles. The first-order valence-corrected chi connectivity index (χ1v) is 9.67. The van der Waals surface area contributed by atoms with Crippen LogP contribution in [-0.4, -0.2) is 34.2 Å². The van der Waals surface area contributed by atoms with E-state index in [1.54, 1.807) is 32.2 Å². The topological polar surface area (TPSA) is 84.5 Å². The molecule has 2 N–H and O–H groups in total. The minimum absolute atomic E-state index is 0.245. The number of hydrogen-bond acceptors (Lipinski definition) is 4. The lowest BCUT2D eigenvalue weighted by Crippen LogP contribution is -2.26. The van der Waals surface area contributed by atoms with E-state index in [1.807, 2.05) is 24.3 Å². The van der Waals surface area contributed by atoms with Gasteiger partial charge >= 0.3 is 0 Å². The second-order valence-electron chi connectivity index (χ2n) is 5.76. The lowest BCUT2D eigenvalue weighted by atomic mass is 10.1. The van der Waals surface area contributed by atoms with Crippen LogP contribution in [-0.2, 0) is 16.4 Å². The van der Waals surface area contributed by atoms with Crippen LogP contribution in [0.15, 0.2) is 42.5 Å². The fourth-order valence-electron chi connectivity index (χ4n) is 2.29. The molecule has 0 unspecified atom stereocenters. The molecule has 0 radical (unpaired) electrons. The van der Waals surface area contributed by atoms with Crippen molar-refractivity contribution >= 4 is 21.6 Å². The predicted octanol–water partition coefficient (Wildman–Crippen LogP) is 2.35. The van der Waals surface area contributed by atoms with Crippen molar-refractivity contribution in [1.29, 1.82) is 0 Å². The van der Waals surface area contributed by atoms with Crippen molar-refractivity contribution in [3.8, 4) is 5.75 Å². The van der Waals surface area contributed by atoms with Crippen LogP contribution in [0.25, 0.3) is 0 Å². The van der Waals surface area contributed by atoms with Gasteiger partial charge in [-0.25, -0.2) is 8.42 Å². The molecule has 0 aliphatic carbocycles. The third-order valence-corrected chi connectivity index (χ3v) is 4.24. The summed E-state index contributed by atoms with van der Waals surface area (Å²) in [6.45, 7) is 2.26. The molecule has 134 valence electrons. The molecule has 0 aliphatic heterocycles. The van der Waals surface area contributed by atoms with Crippen molar-refractivity contribution in [1.82, 2.24) is 5.32 Å². The maximum absolute atomic E-state index is 12.3. The van der Waals surface area contributed by atoms with E-state index in [-0.39, 0.29) is 5.91 Å². The van der Waals surface area contributed by atoms with E-state index in [0.29, 0.717) is 24.2 Å². The fourth-order valence-corrected chi connectivity index (χ4v) is 2.91. The summed E-state index contributed by atoms with van der Waals surface area (Å²) in [6.07, 6.45) is 1.77. The highest BCUT2D eigenvalue weighted by Gasteiger charge is 2.10. The second-order valence-corrected chi connectivity index (χ2v) is 7.51. The molecular weight excluding hydrogens is 340 g/mol. The Morgan fingerprint density at radius 2 is 1.80 bits per heavy atom. The molecule has 2 aromatic rings. The number of ether oxygens (including phenoxy) is 1. The van der Waals surface area contributed by atoms with E-state index in [0.717, 1.165) is 23.1 Å². The molecule has 0 heterocycles. The fraction of sp³-hybridized carbons (Fsp3) is 0.278. The van der Waals surface area contributed by atoms with Crippen molar-refractivity contribution in [2.24, 2.45) is 0 Å². The van der Waals surface area contributed by atoms with Gasteiger partial charge in [0.25, 0.3) is 5.91 Å². The van der Waals surface area contributed by atoms with Crippen molar-refractivity contribution < 1.29 is 17.9 Å². The molecule has 0 fully saturated rings. The quantitative estimate of drug-likeness (QED) is 0.792. The van der Waals surface area contributed by atoms with Crippen LogP contribution < -0.4 is 14.8 Å². The smallest absolute Gasteiger partial charge is 0.251 e. The van der Waals surface area contributed by atoms with Gasteiger partial charge in [0.15, 0.2) is 0 Å². The Bertz CT molecular complexity index is 846. The van der Waals surface area contributed by atoms with E-state index >= 15 is 0 Å². The van der Waals surface area contributed by atoms with Gasteiger partial charge in [0.05, 0.1) is 19.1 Å². The Kier molecular flexibility index (Phi) is 6.03. The number of benzene rings is 2. The number of anilines is 1. The van der Waals surface area contributed by atoms with Crippen LogP contribution in [0.4, 0.5) is 5.69 Å². The van der Waals surface area contributed by atoms with Gasteiger partial charge in [0, 0.05) is 12.1 Å². The Labute approximate surface area is 148 Å². The molecule has 0 aromatic heterocycles. The molecule has 0 atom stereocenters. The third-order valence-electron chi connectivity index (χ3n) is 3.65. The molecule has 0 bridgehead atoms. The number of amides is 1. The van der Waals surface area contributed by atoms with Gasteiger partial charge in [-0.2, -0.15) is 0 Å². The van der Waals surface area contributed by atoms with E-state index in [2.05, 4.69) is 10.0 Å². The summed E-state index contributed by atoms with van der Waals surface area (Å²) in [5, 5.41) is 2.84. The first-order chi connectivity index (χ1) is 11.8. The maximum atomic E-state index is 12.3. The molecule has 0 saturated heterocycles. The third kappa shape index (κ3) is 5.79. The highest BCUT2D eigenvalue weighted by molar-refractivity contribution is 7.92. The van der Waals surface area contributed by atoms with Gasteiger partial charge in [-0.1, -0.05) is 18.2 Å². The average Bonchev–Trinajstić information content (AvgIpc) is 2.56. The number of hydrogen-bond donors (Lipinski definition) is 2. The van der Waals surface area contributed by atoms with E-state index in [1.165, 1.54) is 0 Å². The number of rotatable bonds is 7. The number of sulfonamides is 1. The molecule has 0 saturated carbocycles. The molecule has 7 heteroatoms. The number of methoxy groups -OCH3 is 1. The van der Waals surface area contributed by atoms with E-state index in [4.69, 9.17) is 4.74 Å². The SMILES string of the molecule is COc1ccc(CCNC(=O)c2ccc(C)c(NS(C)(=O)=O)c2)cc1. The van der Waals surface area contributed by atoms with E-state index < -0.39 is 10.0 Å². The van der Waals surface area contributed by atoms with Crippen LogP contribution >= 0.6 is 0 Å².